The third kappa shape index (κ3) is 3.97. The van der Waals surface area contributed by atoms with Crippen molar-refractivity contribution in [2.24, 2.45) is 11.7 Å². The fourth-order valence-corrected chi connectivity index (χ4v) is 6.30. The summed E-state index contributed by atoms with van der Waals surface area (Å²) >= 11 is 1.41. The molecular weight excluding hydrogens is 436 g/mol. The Bertz CT molecular complexity index is 1110. The van der Waals surface area contributed by atoms with Crippen molar-refractivity contribution < 1.29 is 9.59 Å². The summed E-state index contributed by atoms with van der Waals surface area (Å²) in [7, 11) is 0. The summed E-state index contributed by atoms with van der Waals surface area (Å²) in [6, 6.07) is 3.18. The van der Waals surface area contributed by atoms with E-state index in [1.54, 1.807) is 17.3 Å². The van der Waals surface area contributed by atoms with Crippen LogP contribution in [0, 0.1) is 12.8 Å². The molecule has 3 amide bonds. The van der Waals surface area contributed by atoms with Crippen LogP contribution < -0.4 is 21.3 Å². The largest absolute Gasteiger partial charge is 0.351 e. The van der Waals surface area contributed by atoms with Crippen molar-refractivity contribution in [1.29, 1.82) is 0 Å². The Morgan fingerprint density at radius 3 is 2.85 bits per heavy atom. The fourth-order valence-electron chi connectivity index (χ4n) is 5.07. The summed E-state index contributed by atoms with van der Waals surface area (Å²) < 4.78 is 0. The lowest BCUT2D eigenvalue weighted by Crippen LogP contribution is -2.52. The molecule has 0 bridgehead atoms. The third-order valence-electron chi connectivity index (χ3n) is 6.66. The molecular formula is C24H30N6O2S. The molecule has 0 spiro atoms. The number of nitrogens with one attached hydrogen (secondary N) is 2. The zero-order valence-corrected chi connectivity index (χ0v) is 20.0. The molecule has 1 saturated carbocycles. The molecule has 8 nitrogen and oxygen atoms in total. The first kappa shape index (κ1) is 22.2. The minimum atomic E-state index is -0.472. The smallest absolute Gasteiger partial charge is 0.327 e. The third-order valence-corrected chi connectivity index (χ3v) is 7.95. The highest BCUT2D eigenvalue weighted by molar-refractivity contribution is 8.01. The van der Waals surface area contributed by atoms with Crippen LogP contribution in [-0.2, 0) is 11.2 Å². The van der Waals surface area contributed by atoms with Gasteiger partial charge in [-0.3, -0.25) is 14.7 Å². The van der Waals surface area contributed by atoms with E-state index in [0.717, 1.165) is 58.9 Å². The number of nitrogens with zero attached hydrogens (tertiary/aromatic N) is 3. The number of pyridine rings is 2. The van der Waals surface area contributed by atoms with Gasteiger partial charge in [0, 0.05) is 29.5 Å². The van der Waals surface area contributed by atoms with Crippen LogP contribution in [0.2, 0.25) is 0 Å². The van der Waals surface area contributed by atoms with E-state index in [9.17, 15) is 9.59 Å². The van der Waals surface area contributed by atoms with Crippen molar-refractivity contribution >= 4 is 35.1 Å². The van der Waals surface area contributed by atoms with E-state index in [2.05, 4.69) is 34.4 Å². The number of thioether (sulfide) groups is 1. The number of nitrogens with two attached hydrogens (primary N) is 1. The van der Waals surface area contributed by atoms with Gasteiger partial charge in [-0.15, -0.1) is 0 Å². The van der Waals surface area contributed by atoms with Crippen molar-refractivity contribution in [1.82, 2.24) is 20.6 Å². The molecule has 9 heteroatoms. The lowest BCUT2D eigenvalue weighted by atomic mass is 9.99. The molecule has 2 aliphatic heterocycles. The molecule has 2 aromatic rings. The molecule has 4 heterocycles. The first-order valence-corrected chi connectivity index (χ1v) is 12.5. The van der Waals surface area contributed by atoms with E-state index >= 15 is 0 Å². The summed E-state index contributed by atoms with van der Waals surface area (Å²) in [5.41, 5.74) is 10.5. The maximum absolute atomic E-state index is 13.3. The first-order chi connectivity index (χ1) is 15.8. The van der Waals surface area contributed by atoms with Crippen LogP contribution in [0.3, 0.4) is 0 Å². The molecule has 4 N–H and O–H groups in total. The van der Waals surface area contributed by atoms with E-state index in [1.165, 1.54) is 11.8 Å². The highest BCUT2D eigenvalue weighted by atomic mass is 32.2. The molecule has 33 heavy (non-hydrogen) atoms. The molecule has 174 valence electrons. The number of hydrogen-bond acceptors (Lipinski definition) is 6. The molecule has 0 aromatic carbocycles. The number of anilines is 2. The predicted octanol–water partition coefficient (Wildman–Crippen LogP) is 3.36. The second-order valence-electron chi connectivity index (χ2n) is 9.62. The molecule has 3 aliphatic rings. The number of urea groups is 1. The van der Waals surface area contributed by atoms with Crippen LogP contribution >= 0.6 is 11.8 Å². The molecule has 0 radical (unpaired) electrons. The quantitative estimate of drug-likeness (QED) is 0.623. The van der Waals surface area contributed by atoms with Crippen LogP contribution in [0.4, 0.5) is 16.2 Å². The van der Waals surface area contributed by atoms with Gasteiger partial charge in [0.25, 0.3) is 0 Å². The molecule has 2 aromatic heterocycles. The van der Waals surface area contributed by atoms with Gasteiger partial charge in [0.05, 0.1) is 23.6 Å². The van der Waals surface area contributed by atoms with Gasteiger partial charge in [-0.25, -0.2) is 9.78 Å². The minimum absolute atomic E-state index is 0.0110. The summed E-state index contributed by atoms with van der Waals surface area (Å²) in [6.07, 6.45) is 7.20. The average Bonchev–Trinajstić information content (AvgIpc) is 3.33. The van der Waals surface area contributed by atoms with Gasteiger partial charge < -0.3 is 16.4 Å². The summed E-state index contributed by atoms with van der Waals surface area (Å²) in [5.74, 6) is 0.407. The van der Waals surface area contributed by atoms with E-state index in [4.69, 9.17) is 5.73 Å². The summed E-state index contributed by atoms with van der Waals surface area (Å²) in [5, 5.41) is 6.49. The average molecular weight is 467 g/mol. The van der Waals surface area contributed by atoms with Gasteiger partial charge in [0.15, 0.2) is 0 Å². The van der Waals surface area contributed by atoms with E-state index in [-0.39, 0.29) is 24.0 Å². The SMILES string of the molecule is Cc1cc(CC(C)C)ncc1N1C(=O)NC2c3c1ccnc3SC2C(=O)N[C@@H]1CCC[C@@H]1N. The topological polar surface area (TPSA) is 113 Å². The van der Waals surface area contributed by atoms with E-state index in [1.807, 2.05) is 19.1 Å². The van der Waals surface area contributed by atoms with Crippen molar-refractivity contribution in [2.45, 2.75) is 74.9 Å². The van der Waals surface area contributed by atoms with Gasteiger partial charge in [0.1, 0.15) is 10.3 Å². The van der Waals surface area contributed by atoms with Crippen molar-refractivity contribution in [3.8, 4) is 0 Å². The van der Waals surface area contributed by atoms with Gasteiger partial charge in [0.2, 0.25) is 5.91 Å². The van der Waals surface area contributed by atoms with Crippen LogP contribution in [0.25, 0.3) is 0 Å². The lowest BCUT2D eigenvalue weighted by Gasteiger charge is -2.35. The Kier molecular flexibility index (Phi) is 5.78. The second-order valence-corrected chi connectivity index (χ2v) is 10.8. The van der Waals surface area contributed by atoms with E-state index < -0.39 is 11.3 Å². The predicted molar refractivity (Wildman–Crippen MR) is 129 cm³/mol. The maximum atomic E-state index is 13.3. The molecule has 1 aliphatic carbocycles. The summed E-state index contributed by atoms with van der Waals surface area (Å²) in [6.45, 7) is 6.32. The normalized spacial score (nSPS) is 25.8. The highest BCUT2D eigenvalue weighted by Crippen LogP contribution is 2.50. The maximum Gasteiger partial charge on any atom is 0.327 e. The lowest BCUT2D eigenvalue weighted by molar-refractivity contribution is -0.121. The van der Waals surface area contributed by atoms with Crippen molar-refractivity contribution in [3.05, 3.63) is 41.3 Å². The first-order valence-electron chi connectivity index (χ1n) is 11.6. The molecule has 2 unspecified atom stereocenters. The Morgan fingerprint density at radius 2 is 2.15 bits per heavy atom. The van der Waals surface area contributed by atoms with Crippen molar-refractivity contribution in [2.75, 3.05) is 4.90 Å². The van der Waals surface area contributed by atoms with Crippen LogP contribution in [0.5, 0.6) is 0 Å². The zero-order valence-electron chi connectivity index (χ0n) is 19.2. The van der Waals surface area contributed by atoms with Crippen LogP contribution in [-0.4, -0.2) is 39.2 Å². The van der Waals surface area contributed by atoms with Gasteiger partial charge in [-0.1, -0.05) is 25.6 Å². The molecule has 5 rings (SSSR count). The highest BCUT2D eigenvalue weighted by Gasteiger charge is 2.47. The number of carbonyl (C=O) groups excluding carboxylic acids is 2. The summed E-state index contributed by atoms with van der Waals surface area (Å²) in [4.78, 5) is 37.3. The number of carbonyl (C=O) groups is 2. The fraction of sp³-hybridized carbons (Fsp3) is 0.500. The Hall–Kier alpha value is -2.65. The van der Waals surface area contributed by atoms with E-state index in [0.29, 0.717) is 5.92 Å². The van der Waals surface area contributed by atoms with Crippen LogP contribution in [0.15, 0.2) is 29.6 Å². The Balaban J connectivity index is 1.45. The van der Waals surface area contributed by atoms with Gasteiger partial charge >= 0.3 is 6.03 Å². The molecule has 1 fully saturated rings. The monoisotopic (exact) mass is 466 g/mol. The number of aryl methyl sites for hydroxylation is 1. The molecule has 0 saturated heterocycles. The van der Waals surface area contributed by atoms with Crippen molar-refractivity contribution in [3.63, 3.8) is 0 Å². The number of aromatic nitrogens is 2. The minimum Gasteiger partial charge on any atom is -0.351 e. The van der Waals surface area contributed by atoms with Gasteiger partial charge in [-0.2, -0.15) is 0 Å². The standard InChI is InChI=1S/C24H30N6O2S/c1-12(2)9-14-10-13(3)18(11-27-14)30-17-7-8-26-23-19(17)20(29-24(30)32)21(33-23)22(31)28-16-6-4-5-15(16)25/h7-8,10-12,15-16,20-21H,4-6,9,25H2,1-3H3,(H,28,31)(H,29,32)/t15-,16+,20?,21?/m0/s1. The zero-order chi connectivity index (χ0) is 23.3. The second kappa shape index (κ2) is 8.61. The molecule has 4 atom stereocenters. The van der Waals surface area contributed by atoms with Crippen LogP contribution in [0.1, 0.15) is 56.0 Å². The Labute approximate surface area is 198 Å². The Morgan fingerprint density at radius 1 is 1.33 bits per heavy atom. The number of rotatable bonds is 5. The van der Waals surface area contributed by atoms with Gasteiger partial charge in [-0.05, 0) is 56.2 Å². The number of hydrogen-bond donors (Lipinski definition) is 3. The number of amides is 3.